The SMILES string of the molecule is Cc1ccc(S(=O)(=O)NCc2ccccc2O)c(Br)c1. The van der Waals surface area contributed by atoms with Gasteiger partial charge in [0.1, 0.15) is 5.75 Å². The number of nitrogens with one attached hydrogen (secondary N) is 1. The van der Waals surface area contributed by atoms with Gasteiger partial charge in [0.05, 0.1) is 4.90 Å². The zero-order chi connectivity index (χ0) is 14.8. The Bertz CT molecular complexity index is 729. The van der Waals surface area contributed by atoms with Crippen molar-refractivity contribution in [2.75, 3.05) is 0 Å². The summed E-state index contributed by atoms with van der Waals surface area (Å²) in [6, 6.07) is 11.6. The monoisotopic (exact) mass is 355 g/mol. The van der Waals surface area contributed by atoms with Gasteiger partial charge in [0.2, 0.25) is 10.0 Å². The number of para-hydroxylation sites is 1. The summed E-state index contributed by atoms with van der Waals surface area (Å²) < 4.78 is 27.4. The van der Waals surface area contributed by atoms with Crippen LogP contribution >= 0.6 is 15.9 Å². The van der Waals surface area contributed by atoms with Gasteiger partial charge in [-0.1, -0.05) is 24.3 Å². The van der Waals surface area contributed by atoms with Crippen LogP contribution in [-0.4, -0.2) is 13.5 Å². The number of hydrogen-bond donors (Lipinski definition) is 2. The van der Waals surface area contributed by atoms with Crippen LogP contribution in [0, 0.1) is 6.92 Å². The topological polar surface area (TPSA) is 66.4 Å². The molecule has 2 aromatic rings. The molecule has 0 atom stereocenters. The Hall–Kier alpha value is -1.37. The molecule has 0 unspecified atom stereocenters. The quantitative estimate of drug-likeness (QED) is 0.885. The van der Waals surface area contributed by atoms with Crippen LogP contribution < -0.4 is 4.72 Å². The smallest absolute Gasteiger partial charge is 0.241 e. The summed E-state index contributed by atoms with van der Waals surface area (Å²) in [5.41, 5.74) is 1.50. The van der Waals surface area contributed by atoms with Crippen molar-refractivity contribution in [3.05, 3.63) is 58.1 Å². The number of halogens is 1. The summed E-state index contributed by atoms with van der Waals surface area (Å²) in [5.74, 6) is 0.0678. The zero-order valence-corrected chi connectivity index (χ0v) is 13.2. The predicted molar refractivity (Wildman–Crippen MR) is 81.0 cm³/mol. The molecule has 2 rings (SSSR count). The van der Waals surface area contributed by atoms with Crippen LogP contribution in [0.2, 0.25) is 0 Å². The van der Waals surface area contributed by atoms with E-state index in [1.54, 1.807) is 36.4 Å². The van der Waals surface area contributed by atoms with Crippen molar-refractivity contribution in [2.24, 2.45) is 0 Å². The molecular formula is C14H14BrNO3S. The number of hydrogen-bond acceptors (Lipinski definition) is 3. The van der Waals surface area contributed by atoms with E-state index in [0.29, 0.717) is 10.0 Å². The molecule has 2 N–H and O–H groups in total. The average molecular weight is 356 g/mol. The molecule has 0 saturated heterocycles. The Morgan fingerprint density at radius 2 is 1.90 bits per heavy atom. The highest BCUT2D eigenvalue weighted by molar-refractivity contribution is 9.10. The molecule has 0 aliphatic carbocycles. The molecule has 0 fully saturated rings. The Balaban J connectivity index is 2.22. The number of benzene rings is 2. The highest BCUT2D eigenvalue weighted by atomic mass is 79.9. The second-order valence-corrected chi connectivity index (χ2v) is 6.98. The average Bonchev–Trinajstić information content (AvgIpc) is 2.37. The van der Waals surface area contributed by atoms with Gasteiger partial charge < -0.3 is 5.11 Å². The lowest BCUT2D eigenvalue weighted by atomic mass is 10.2. The highest BCUT2D eigenvalue weighted by Crippen LogP contribution is 2.23. The van der Waals surface area contributed by atoms with E-state index in [2.05, 4.69) is 20.7 Å². The van der Waals surface area contributed by atoms with Crippen LogP contribution in [0.4, 0.5) is 0 Å². The van der Waals surface area contributed by atoms with Crippen LogP contribution in [0.3, 0.4) is 0 Å². The lowest BCUT2D eigenvalue weighted by Crippen LogP contribution is -2.23. The number of aryl methyl sites for hydroxylation is 1. The standard InChI is InChI=1S/C14H14BrNO3S/c1-10-6-7-14(12(15)8-10)20(18,19)16-9-11-4-2-3-5-13(11)17/h2-8,16-17H,9H2,1H3. The predicted octanol–water partition coefficient (Wildman–Crippen LogP) is 2.94. The fourth-order valence-electron chi connectivity index (χ4n) is 1.73. The van der Waals surface area contributed by atoms with Crippen molar-refractivity contribution in [2.45, 2.75) is 18.4 Å². The minimum absolute atomic E-state index is 0.0370. The van der Waals surface area contributed by atoms with Crippen LogP contribution in [0.15, 0.2) is 51.8 Å². The molecule has 0 bridgehead atoms. The molecule has 0 aliphatic heterocycles. The van der Waals surface area contributed by atoms with E-state index < -0.39 is 10.0 Å². The Labute approximate surface area is 126 Å². The van der Waals surface area contributed by atoms with Crippen molar-refractivity contribution in [3.63, 3.8) is 0 Å². The fraction of sp³-hybridized carbons (Fsp3) is 0.143. The van der Waals surface area contributed by atoms with E-state index in [-0.39, 0.29) is 17.2 Å². The minimum Gasteiger partial charge on any atom is -0.508 e. The van der Waals surface area contributed by atoms with Crippen LogP contribution in [-0.2, 0) is 16.6 Å². The van der Waals surface area contributed by atoms with E-state index in [0.717, 1.165) is 5.56 Å². The van der Waals surface area contributed by atoms with Gasteiger partial charge in [-0.05, 0) is 46.6 Å². The van der Waals surface area contributed by atoms with Crippen molar-refractivity contribution in [3.8, 4) is 5.75 Å². The molecule has 6 heteroatoms. The number of phenols is 1. The molecule has 0 radical (unpaired) electrons. The van der Waals surface area contributed by atoms with Crippen LogP contribution in [0.25, 0.3) is 0 Å². The molecular weight excluding hydrogens is 342 g/mol. The molecule has 0 spiro atoms. The van der Waals surface area contributed by atoms with E-state index >= 15 is 0 Å². The molecule has 4 nitrogen and oxygen atoms in total. The third kappa shape index (κ3) is 3.39. The summed E-state index contributed by atoms with van der Waals surface area (Å²) in [6.07, 6.45) is 0. The van der Waals surface area contributed by atoms with Gasteiger partial charge in [0.15, 0.2) is 0 Å². The van der Waals surface area contributed by atoms with Crippen molar-refractivity contribution >= 4 is 26.0 Å². The first-order chi connectivity index (χ1) is 9.40. The van der Waals surface area contributed by atoms with Crippen LogP contribution in [0.5, 0.6) is 5.75 Å². The third-order valence-corrected chi connectivity index (χ3v) is 5.20. The maximum Gasteiger partial charge on any atom is 0.241 e. The highest BCUT2D eigenvalue weighted by Gasteiger charge is 2.17. The maximum atomic E-state index is 12.2. The summed E-state index contributed by atoms with van der Waals surface area (Å²) in [5, 5.41) is 9.62. The van der Waals surface area contributed by atoms with Gasteiger partial charge in [0, 0.05) is 16.6 Å². The lowest BCUT2D eigenvalue weighted by molar-refractivity contribution is 0.467. The second kappa shape index (κ2) is 5.95. The Morgan fingerprint density at radius 3 is 2.55 bits per heavy atom. The van der Waals surface area contributed by atoms with E-state index in [1.165, 1.54) is 6.07 Å². The summed E-state index contributed by atoms with van der Waals surface area (Å²) in [7, 11) is -3.63. The van der Waals surface area contributed by atoms with Gasteiger partial charge in [-0.15, -0.1) is 0 Å². The summed E-state index contributed by atoms with van der Waals surface area (Å²) in [4.78, 5) is 0.179. The first-order valence-corrected chi connectivity index (χ1v) is 8.20. The number of phenolic OH excluding ortho intramolecular Hbond substituents is 1. The van der Waals surface area contributed by atoms with Crippen LogP contribution in [0.1, 0.15) is 11.1 Å². The second-order valence-electron chi connectivity index (χ2n) is 4.39. The molecule has 20 heavy (non-hydrogen) atoms. The van der Waals surface area contributed by atoms with E-state index in [4.69, 9.17) is 0 Å². The lowest BCUT2D eigenvalue weighted by Gasteiger charge is -2.10. The van der Waals surface area contributed by atoms with Gasteiger partial charge in [-0.2, -0.15) is 0 Å². The number of aromatic hydroxyl groups is 1. The van der Waals surface area contributed by atoms with Crippen molar-refractivity contribution < 1.29 is 13.5 Å². The maximum absolute atomic E-state index is 12.2. The normalized spacial score (nSPS) is 11.5. The molecule has 0 aromatic heterocycles. The molecule has 2 aromatic carbocycles. The number of rotatable bonds is 4. The molecule has 106 valence electrons. The minimum atomic E-state index is -3.63. The van der Waals surface area contributed by atoms with Gasteiger partial charge in [-0.25, -0.2) is 13.1 Å². The first kappa shape index (κ1) is 15.0. The first-order valence-electron chi connectivity index (χ1n) is 5.93. The molecule has 0 amide bonds. The molecule has 0 aliphatic rings. The van der Waals surface area contributed by atoms with Gasteiger partial charge >= 0.3 is 0 Å². The van der Waals surface area contributed by atoms with Gasteiger partial charge in [-0.3, -0.25) is 0 Å². The third-order valence-electron chi connectivity index (χ3n) is 2.82. The molecule has 0 saturated carbocycles. The zero-order valence-electron chi connectivity index (χ0n) is 10.8. The van der Waals surface area contributed by atoms with Crippen molar-refractivity contribution in [1.82, 2.24) is 4.72 Å². The van der Waals surface area contributed by atoms with Crippen molar-refractivity contribution in [1.29, 1.82) is 0 Å². The van der Waals surface area contributed by atoms with Gasteiger partial charge in [0.25, 0.3) is 0 Å². The van der Waals surface area contributed by atoms with E-state index in [1.807, 2.05) is 6.92 Å². The Kier molecular flexibility index (Phi) is 4.47. The summed E-state index contributed by atoms with van der Waals surface area (Å²) in [6.45, 7) is 1.92. The Morgan fingerprint density at radius 1 is 1.20 bits per heavy atom. The fourth-order valence-corrected chi connectivity index (χ4v) is 3.93. The summed E-state index contributed by atoms with van der Waals surface area (Å²) >= 11 is 3.26. The number of sulfonamides is 1. The largest absolute Gasteiger partial charge is 0.508 e. The molecule has 0 heterocycles. The van der Waals surface area contributed by atoms with E-state index in [9.17, 15) is 13.5 Å².